The molecule has 112 valence electrons. The fourth-order valence-electron chi connectivity index (χ4n) is 2.81. The molecule has 2 aromatic heterocycles. The van der Waals surface area contributed by atoms with Crippen molar-refractivity contribution >= 4 is 5.65 Å². The zero-order valence-electron chi connectivity index (χ0n) is 12.6. The number of imidazole rings is 1. The average Bonchev–Trinajstić information content (AvgIpc) is 2.90. The van der Waals surface area contributed by atoms with Crippen molar-refractivity contribution in [1.29, 1.82) is 0 Å². The van der Waals surface area contributed by atoms with Crippen molar-refractivity contribution in [2.45, 2.75) is 6.92 Å². The second kappa shape index (κ2) is 5.25. The third-order valence-electron chi connectivity index (χ3n) is 3.90. The van der Waals surface area contributed by atoms with Gasteiger partial charge in [0, 0.05) is 11.1 Å². The van der Waals surface area contributed by atoms with Crippen LogP contribution in [0.3, 0.4) is 0 Å². The lowest BCUT2D eigenvalue weighted by molar-refractivity contribution is 0.445. The average molecular weight is 301 g/mol. The van der Waals surface area contributed by atoms with Crippen molar-refractivity contribution in [2.75, 3.05) is 0 Å². The Kier molecular flexibility index (Phi) is 3.08. The topological polar surface area (TPSA) is 50.4 Å². The van der Waals surface area contributed by atoms with Gasteiger partial charge in [-0.05, 0) is 6.92 Å². The molecule has 4 nitrogen and oxygen atoms in total. The molecule has 0 fully saturated rings. The Hall–Kier alpha value is -3.14. The highest BCUT2D eigenvalue weighted by atomic mass is 16.3. The largest absolute Gasteiger partial charge is 0.493 e. The molecule has 2 heterocycles. The maximum atomic E-state index is 10.5. The molecular formula is C19H15N3O. The van der Waals surface area contributed by atoms with Gasteiger partial charge in [0.1, 0.15) is 5.69 Å². The van der Waals surface area contributed by atoms with E-state index in [2.05, 4.69) is 9.97 Å². The predicted molar refractivity (Wildman–Crippen MR) is 90.3 cm³/mol. The molecule has 0 amide bonds. The monoisotopic (exact) mass is 301 g/mol. The maximum absolute atomic E-state index is 10.5. The number of rotatable bonds is 2. The van der Waals surface area contributed by atoms with Crippen LogP contribution in [-0.4, -0.2) is 19.5 Å². The normalized spacial score (nSPS) is 11.0. The minimum Gasteiger partial charge on any atom is -0.493 e. The summed E-state index contributed by atoms with van der Waals surface area (Å²) in [6.45, 7) is 1.79. The molecule has 0 unspecified atom stereocenters. The van der Waals surface area contributed by atoms with Crippen LogP contribution in [-0.2, 0) is 0 Å². The molecule has 0 radical (unpaired) electrons. The minimum absolute atomic E-state index is 0.151. The molecule has 4 aromatic rings. The lowest BCUT2D eigenvalue weighted by Gasteiger charge is -2.12. The number of nitrogens with zero attached hydrogens (tertiary/aromatic N) is 3. The number of fused-ring (bicyclic) bond motifs is 1. The first-order valence-electron chi connectivity index (χ1n) is 7.43. The number of aryl methyl sites for hydroxylation is 1. The fraction of sp³-hybridized carbons (Fsp3) is 0.0526. The molecule has 0 bridgehead atoms. The third-order valence-corrected chi connectivity index (χ3v) is 3.90. The number of hydrogen-bond acceptors (Lipinski definition) is 3. The van der Waals surface area contributed by atoms with Crippen LogP contribution >= 0.6 is 0 Å². The van der Waals surface area contributed by atoms with Crippen LogP contribution in [0.15, 0.2) is 66.9 Å². The number of benzene rings is 2. The summed E-state index contributed by atoms with van der Waals surface area (Å²) in [5.41, 5.74) is 4.87. The third kappa shape index (κ3) is 2.16. The maximum Gasteiger partial charge on any atom is 0.219 e. The van der Waals surface area contributed by atoms with Crippen LogP contribution < -0.4 is 0 Å². The van der Waals surface area contributed by atoms with Gasteiger partial charge in [-0.3, -0.25) is 9.38 Å². The van der Waals surface area contributed by atoms with E-state index in [1.54, 1.807) is 17.5 Å². The van der Waals surface area contributed by atoms with Crippen LogP contribution in [0.1, 0.15) is 5.69 Å². The van der Waals surface area contributed by atoms with Gasteiger partial charge in [-0.1, -0.05) is 60.7 Å². The highest BCUT2D eigenvalue weighted by molar-refractivity contribution is 5.80. The molecule has 0 saturated heterocycles. The van der Waals surface area contributed by atoms with Gasteiger partial charge in [0.15, 0.2) is 5.65 Å². The van der Waals surface area contributed by atoms with E-state index in [1.165, 1.54) is 0 Å². The molecule has 1 N–H and O–H groups in total. The Morgan fingerprint density at radius 3 is 2.13 bits per heavy atom. The van der Waals surface area contributed by atoms with E-state index in [0.29, 0.717) is 11.3 Å². The summed E-state index contributed by atoms with van der Waals surface area (Å²) in [4.78, 5) is 9.00. The molecule has 4 heteroatoms. The summed E-state index contributed by atoms with van der Waals surface area (Å²) in [5, 5.41) is 10.5. The summed E-state index contributed by atoms with van der Waals surface area (Å²) in [7, 11) is 0. The first-order valence-corrected chi connectivity index (χ1v) is 7.43. The van der Waals surface area contributed by atoms with Crippen molar-refractivity contribution in [3.63, 3.8) is 0 Å². The number of aromatic hydroxyl groups is 1. The van der Waals surface area contributed by atoms with Gasteiger partial charge in [0.25, 0.3) is 0 Å². The van der Waals surface area contributed by atoms with E-state index in [1.807, 2.05) is 60.7 Å². The van der Waals surface area contributed by atoms with Crippen molar-refractivity contribution in [1.82, 2.24) is 14.4 Å². The summed E-state index contributed by atoms with van der Waals surface area (Å²) in [5.74, 6) is 0.151. The Balaban J connectivity index is 2.13. The van der Waals surface area contributed by atoms with E-state index in [4.69, 9.17) is 0 Å². The Morgan fingerprint density at radius 1 is 0.870 bits per heavy atom. The second-order valence-corrected chi connectivity index (χ2v) is 5.40. The van der Waals surface area contributed by atoms with Gasteiger partial charge in [-0.25, -0.2) is 4.98 Å². The van der Waals surface area contributed by atoms with Crippen LogP contribution in [0.2, 0.25) is 0 Å². The van der Waals surface area contributed by atoms with Crippen LogP contribution in [0.5, 0.6) is 5.88 Å². The molecule has 4 rings (SSSR count). The second-order valence-electron chi connectivity index (χ2n) is 5.40. The van der Waals surface area contributed by atoms with Crippen LogP contribution in [0.25, 0.3) is 28.2 Å². The first-order chi connectivity index (χ1) is 11.3. The molecule has 2 aromatic carbocycles. The van der Waals surface area contributed by atoms with Crippen molar-refractivity contribution in [3.05, 3.63) is 72.6 Å². The van der Waals surface area contributed by atoms with Gasteiger partial charge >= 0.3 is 0 Å². The van der Waals surface area contributed by atoms with Crippen LogP contribution in [0.4, 0.5) is 0 Å². The molecule has 23 heavy (non-hydrogen) atoms. The number of aromatic nitrogens is 3. The van der Waals surface area contributed by atoms with E-state index >= 15 is 0 Å². The molecule has 0 atom stereocenters. The van der Waals surface area contributed by atoms with Crippen molar-refractivity contribution in [2.24, 2.45) is 0 Å². The Bertz CT molecular complexity index is 976. The molecule has 0 aliphatic rings. The minimum atomic E-state index is 0.151. The smallest absolute Gasteiger partial charge is 0.219 e. The quantitative estimate of drug-likeness (QED) is 0.607. The van der Waals surface area contributed by atoms with Crippen LogP contribution in [0, 0.1) is 6.92 Å². The molecule has 0 saturated carbocycles. The molecule has 0 aliphatic heterocycles. The summed E-state index contributed by atoms with van der Waals surface area (Å²) < 4.78 is 1.76. The van der Waals surface area contributed by atoms with E-state index in [-0.39, 0.29) is 5.88 Å². The van der Waals surface area contributed by atoms with Crippen molar-refractivity contribution < 1.29 is 5.11 Å². The van der Waals surface area contributed by atoms with Gasteiger partial charge in [0.05, 0.1) is 17.6 Å². The summed E-state index contributed by atoms with van der Waals surface area (Å²) in [6.07, 6.45) is 1.70. The SMILES string of the molecule is Cc1nc2cnc(-c3ccccc3)c(-c3ccccc3)n2c1O. The van der Waals surface area contributed by atoms with E-state index in [9.17, 15) is 5.11 Å². The summed E-state index contributed by atoms with van der Waals surface area (Å²) in [6, 6.07) is 19.9. The first kappa shape index (κ1) is 13.5. The fourth-order valence-corrected chi connectivity index (χ4v) is 2.81. The zero-order valence-corrected chi connectivity index (χ0v) is 12.6. The summed E-state index contributed by atoms with van der Waals surface area (Å²) >= 11 is 0. The van der Waals surface area contributed by atoms with E-state index in [0.717, 1.165) is 22.5 Å². The molecular weight excluding hydrogens is 286 g/mol. The van der Waals surface area contributed by atoms with Gasteiger partial charge in [-0.2, -0.15) is 0 Å². The molecule has 0 spiro atoms. The van der Waals surface area contributed by atoms with Crippen molar-refractivity contribution in [3.8, 4) is 28.4 Å². The lowest BCUT2D eigenvalue weighted by atomic mass is 10.0. The lowest BCUT2D eigenvalue weighted by Crippen LogP contribution is -1.98. The van der Waals surface area contributed by atoms with Gasteiger partial charge < -0.3 is 5.11 Å². The highest BCUT2D eigenvalue weighted by Crippen LogP contribution is 2.34. The highest BCUT2D eigenvalue weighted by Gasteiger charge is 2.18. The standard InChI is InChI=1S/C19H15N3O/c1-13-19(23)22-16(21-13)12-20-17(14-8-4-2-5-9-14)18(22)15-10-6-3-7-11-15/h2-12,23H,1H3. The Labute approximate surface area is 133 Å². The zero-order chi connectivity index (χ0) is 15.8. The van der Waals surface area contributed by atoms with Gasteiger partial charge in [0.2, 0.25) is 5.88 Å². The Morgan fingerprint density at radius 2 is 1.48 bits per heavy atom. The number of hydrogen-bond donors (Lipinski definition) is 1. The predicted octanol–water partition coefficient (Wildman–Crippen LogP) is 4.08. The van der Waals surface area contributed by atoms with Gasteiger partial charge in [-0.15, -0.1) is 0 Å². The molecule has 0 aliphatic carbocycles. The van der Waals surface area contributed by atoms with E-state index < -0.39 is 0 Å².